The Morgan fingerprint density at radius 3 is 2.44 bits per heavy atom. The van der Waals surface area contributed by atoms with Gasteiger partial charge in [-0.05, 0) is 31.4 Å². The van der Waals surface area contributed by atoms with Crippen LogP contribution in [0.25, 0.3) is 0 Å². The van der Waals surface area contributed by atoms with Gasteiger partial charge >= 0.3 is 0 Å². The van der Waals surface area contributed by atoms with E-state index >= 15 is 0 Å². The Morgan fingerprint density at radius 2 is 2.00 bits per heavy atom. The molecule has 0 atom stereocenters. The number of rotatable bonds is 5. The van der Waals surface area contributed by atoms with E-state index in [-0.39, 0.29) is 18.1 Å². The average Bonchev–Trinajstić information content (AvgIpc) is 2.37. The number of halogens is 1. The van der Waals surface area contributed by atoms with Crippen molar-refractivity contribution >= 4 is 11.6 Å². The van der Waals surface area contributed by atoms with Crippen molar-refractivity contribution in [3.8, 4) is 0 Å². The summed E-state index contributed by atoms with van der Waals surface area (Å²) in [4.78, 5) is 12.3. The highest BCUT2D eigenvalue weighted by Crippen LogP contribution is 2.28. The number of hydrogen-bond donors (Lipinski definition) is 2. The van der Waals surface area contributed by atoms with Crippen LogP contribution in [-0.2, 0) is 4.79 Å². The number of carbonyl (C=O) groups is 1. The van der Waals surface area contributed by atoms with E-state index in [1.807, 2.05) is 13.8 Å². The van der Waals surface area contributed by atoms with E-state index in [1.54, 1.807) is 19.1 Å². The largest absolute Gasteiger partial charge is 0.329 e. The highest BCUT2D eigenvalue weighted by Gasteiger charge is 2.33. The maximum Gasteiger partial charge on any atom is 0.231 e. The fraction of sp³-hybridized carbons (Fsp3) is 0.500. The number of aryl methyl sites for hydroxylation is 1. The summed E-state index contributed by atoms with van der Waals surface area (Å²) in [6, 6.07) is 4.72. The van der Waals surface area contributed by atoms with Crippen LogP contribution in [0.4, 0.5) is 10.1 Å². The number of para-hydroxylation sites is 1. The Hall–Kier alpha value is -1.42. The first-order valence-electron chi connectivity index (χ1n) is 6.27. The number of carbonyl (C=O) groups excluding carboxylic acids is 1. The van der Waals surface area contributed by atoms with Crippen LogP contribution in [-0.4, -0.2) is 12.5 Å². The summed E-state index contributed by atoms with van der Waals surface area (Å²) in [5, 5.41) is 2.68. The summed E-state index contributed by atoms with van der Waals surface area (Å²) >= 11 is 0. The minimum atomic E-state index is -0.616. The molecule has 1 rings (SSSR count). The van der Waals surface area contributed by atoms with E-state index in [0.717, 1.165) is 0 Å². The molecule has 0 spiro atoms. The molecule has 0 fully saturated rings. The van der Waals surface area contributed by atoms with Crippen LogP contribution in [0, 0.1) is 18.2 Å². The van der Waals surface area contributed by atoms with E-state index in [4.69, 9.17) is 5.73 Å². The number of anilines is 1. The van der Waals surface area contributed by atoms with Gasteiger partial charge in [0.15, 0.2) is 0 Å². The van der Waals surface area contributed by atoms with Crippen molar-refractivity contribution in [1.82, 2.24) is 0 Å². The number of benzene rings is 1. The average molecular weight is 252 g/mol. The molecule has 1 aromatic rings. The summed E-state index contributed by atoms with van der Waals surface area (Å²) in [5.74, 6) is -0.621. The lowest BCUT2D eigenvalue weighted by molar-refractivity contribution is -0.125. The fourth-order valence-electron chi connectivity index (χ4n) is 1.99. The second-order valence-corrected chi connectivity index (χ2v) is 4.58. The van der Waals surface area contributed by atoms with Gasteiger partial charge in [0.1, 0.15) is 5.82 Å². The molecular weight excluding hydrogens is 231 g/mol. The van der Waals surface area contributed by atoms with Crippen LogP contribution in [0.15, 0.2) is 18.2 Å². The van der Waals surface area contributed by atoms with Crippen molar-refractivity contribution in [3.05, 3.63) is 29.6 Å². The number of nitrogens with two attached hydrogens (primary N) is 1. The van der Waals surface area contributed by atoms with Gasteiger partial charge < -0.3 is 11.1 Å². The summed E-state index contributed by atoms with van der Waals surface area (Å²) in [6.45, 7) is 5.87. The van der Waals surface area contributed by atoms with Gasteiger partial charge in [-0.3, -0.25) is 4.79 Å². The third kappa shape index (κ3) is 2.70. The Balaban J connectivity index is 3.00. The molecule has 4 heteroatoms. The minimum absolute atomic E-state index is 0.205. The van der Waals surface area contributed by atoms with Gasteiger partial charge in [-0.2, -0.15) is 0 Å². The molecule has 0 saturated heterocycles. The molecule has 18 heavy (non-hydrogen) atoms. The highest BCUT2D eigenvalue weighted by molar-refractivity contribution is 5.96. The van der Waals surface area contributed by atoms with Gasteiger partial charge in [-0.25, -0.2) is 4.39 Å². The van der Waals surface area contributed by atoms with Gasteiger partial charge in [0.2, 0.25) is 5.91 Å². The third-order valence-electron chi connectivity index (χ3n) is 3.69. The summed E-state index contributed by atoms with van der Waals surface area (Å²) in [5.41, 5.74) is 6.05. The van der Waals surface area contributed by atoms with Crippen LogP contribution >= 0.6 is 0 Å². The van der Waals surface area contributed by atoms with Gasteiger partial charge in [0, 0.05) is 6.54 Å². The molecule has 1 aromatic carbocycles. The second-order valence-electron chi connectivity index (χ2n) is 4.58. The summed E-state index contributed by atoms with van der Waals surface area (Å²) in [7, 11) is 0. The predicted molar refractivity (Wildman–Crippen MR) is 71.8 cm³/mol. The van der Waals surface area contributed by atoms with E-state index < -0.39 is 11.2 Å². The van der Waals surface area contributed by atoms with E-state index in [2.05, 4.69) is 5.32 Å². The van der Waals surface area contributed by atoms with E-state index in [0.29, 0.717) is 18.4 Å². The SMILES string of the molecule is CCC(CC)(CN)C(=O)Nc1c(C)cccc1F. The first-order chi connectivity index (χ1) is 8.50. The molecule has 0 aliphatic carbocycles. The zero-order valence-corrected chi connectivity index (χ0v) is 11.2. The van der Waals surface area contributed by atoms with Gasteiger partial charge in [-0.1, -0.05) is 26.0 Å². The van der Waals surface area contributed by atoms with Crippen molar-refractivity contribution in [2.45, 2.75) is 33.6 Å². The number of amides is 1. The normalized spacial score (nSPS) is 11.4. The lowest BCUT2D eigenvalue weighted by Crippen LogP contribution is -2.41. The summed E-state index contributed by atoms with van der Waals surface area (Å²) < 4.78 is 13.7. The second kappa shape index (κ2) is 5.96. The minimum Gasteiger partial charge on any atom is -0.329 e. The molecule has 0 saturated carbocycles. The number of hydrogen-bond acceptors (Lipinski definition) is 2. The molecule has 0 radical (unpaired) electrons. The van der Waals surface area contributed by atoms with Crippen LogP contribution in [0.3, 0.4) is 0 Å². The smallest absolute Gasteiger partial charge is 0.231 e. The Kier molecular flexibility index (Phi) is 4.84. The quantitative estimate of drug-likeness (QED) is 0.846. The predicted octanol–water partition coefficient (Wildman–Crippen LogP) is 2.84. The van der Waals surface area contributed by atoms with Gasteiger partial charge in [-0.15, -0.1) is 0 Å². The molecule has 3 N–H and O–H groups in total. The highest BCUT2D eigenvalue weighted by atomic mass is 19.1. The van der Waals surface area contributed by atoms with Crippen molar-refractivity contribution in [1.29, 1.82) is 0 Å². The molecule has 0 unspecified atom stereocenters. The molecule has 0 aromatic heterocycles. The first kappa shape index (κ1) is 14.6. The molecule has 0 aliphatic rings. The van der Waals surface area contributed by atoms with E-state index in [1.165, 1.54) is 6.07 Å². The standard InChI is InChI=1S/C14H21FN2O/c1-4-14(5-2,9-16)13(18)17-12-10(3)7-6-8-11(12)15/h6-8H,4-5,9,16H2,1-3H3,(H,17,18). The summed E-state index contributed by atoms with van der Waals surface area (Å²) in [6.07, 6.45) is 1.28. The van der Waals surface area contributed by atoms with Crippen LogP contribution in [0.1, 0.15) is 32.3 Å². The molecule has 3 nitrogen and oxygen atoms in total. The van der Waals surface area contributed by atoms with Gasteiger partial charge in [0.25, 0.3) is 0 Å². The molecule has 100 valence electrons. The monoisotopic (exact) mass is 252 g/mol. The molecular formula is C14H21FN2O. The Labute approximate surface area is 108 Å². The zero-order valence-electron chi connectivity index (χ0n) is 11.2. The topological polar surface area (TPSA) is 55.1 Å². The van der Waals surface area contributed by atoms with Gasteiger partial charge in [0.05, 0.1) is 11.1 Å². The number of nitrogens with one attached hydrogen (secondary N) is 1. The molecule has 1 amide bonds. The fourth-order valence-corrected chi connectivity index (χ4v) is 1.99. The maximum absolute atomic E-state index is 13.7. The van der Waals surface area contributed by atoms with Crippen LogP contribution < -0.4 is 11.1 Å². The van der Waals surface area contributed by atoms with Crippen LogP contribution in [0.5, 0.6) is 0 Å². The van der Waals surface area contributed by atoms with E-state index in [9.17, 15) is 9.18 Å². The van der Waals surface area contributed by atoms with Crippen molar-refractivity contribution in [3.63, 3.8) is 0 Å². The molecule has 0 heterocycles. The zero-order chi connectivity index (χ0) is 13.8. The lowest BCUT2D eigenvalue weighted by Gasteiger charge is -2.28. The third-order valence-corrected chi connectivity index (χ3v) is 3.69. The molecule has 0 aliphatic heterocycles. The Morgan fingerprint density at radius 1 is 1.39 bits per heavy atom. The maximum atomic E-state index is 13.7. The van der Waals surface area contributed by atoms with Crippen LogP contribution in [0.2, 0.25) is 0 Å². The molecule has 0 bridgehead atoms. The van der Waals surface area contributed by atoms with Crippen molar-refractivity contribution < 1.29 is 9.18 Å². The first-order valence-corrected chi connectivity index (χ1v) is 6.27. The Bertz CT molecular complexity index is 399. The lowest BCUT2D eigenvalue weighted by atomic mass is 9.81. The van der Waals surface area contributed by atoms with Crippen molar-refractivity contribution in [2.24, 2.45) is 11.1 Å². The van der Waals surface area contributed by atoms with Crippen molar-refractivity contribution in [2.75, 3.05) is 11.9 Å².